The Bertz CT molecular complexity index is 558. The lowest BCUT2D eigenvalue weighted by molar-refractivity contribution is 0.199. The number of nitrogens with one attached hydrogen (secondary N) is 1. The molecule has 0 radical (unpaired) electrons. The number of benzene rings is 1. The minimum Gasteiger partial charge on any atom is -0.487 e. The van der Waals surface area contributed by atoms with Gasteiger partial charge in [0.15, 0.2) is 0 Å². The van der Waals surface area contributed by atoms with Crippen LogP contribution < -0.4 is 10.1 Å². The van der Waals surface area contributed by atoms with E-state index in [4.69, 9.17) is 9.47 Å². The summed E-state index contributed by atoms with van der Waals surface area (Å²) < 4.78 is 11.0. The Morgan fingerprint density at radius 1 is 1.14 bits per heavy atom. The predicted octanol–water partition coefficient (Wildman–Crippen LogP) is 2.71. The summed E-state index contributed by atoms with van der Waals surface area (Å²) in [4.78, 5) is 4.35. The summed E-state index contributed by atoms with van der Waals surface area (Å²) >= 11 is 0. The first-order valence-corrected chi connectivity index (χ1v) is 7.12. The van der Waals surface area contributed by atoms with Crippen molar-refractivity contribution in [3.05, 3.63) is 59.4 Å². The van der Waals surface area contributed by atoms with E-state index in [1.807, 2.05) is 37.3 Å². The van der Waals surface area contributed by atoms with Crippen molar-refractivity contribution in [2.24, 2.45) is 0 Å². The summed E-state index contributed by atoms with van der Waals surface area (Å²) in [6.07, 6.45) is 1.80. The average molecular weight is 286 g/mol. The normalized spacial score (nSPS) is 10.6. The van der Waals surface area contributed by atoms with Gasteiger partial charge in [-0.25, -0.2) is 0 Å². The van der Waals surface area contributed by atoms with Gasteiger partial charge in [0, 0.05) is 32.0 Å². The summed E-state index contributed by atoms with van der Waals surface area (Å²) in [7, 11) is 1.70. The average Bonchev–Trinajstić information content (AvgIpc) is 2.52. The largest absolute Gasteiger partial charge is 0.487 e. The lowest BCUT2D eigenvalue weighted by Crippen LogP contribution is -2.19. The second-order valence-electron chi connectivity index (χ2n) is 4.83. The fourth-order valence-electron chi connectivity index (χ4n) is 2.00. The molecule has 0 atom stereocenters. The van der Waals surface area contributed by atoms with Gasteiger partial charge in [-0.15, -0.1) is 0 Å². The molecule has 0 aliphatic rings. The Morgan fingerprint density at radius 2 is 2.00 bits per heavy atom. The maximum atomic E-state index is 5.93. The molecular formula is C17H22N2O2. The Morgan fingerprint density at radius 3 is 2.81 bits per heavy atom. The highest BCUT2D eigenvalue weighted by Crippen LogP contribution is 2.19. The van der Waals surface area contributed by atoms with Crippen LogP contribution in [0.2, 0.25) is 0 Å². The Labute approximate surface area is 126 Å². The van der Waals surface area contributed by atoms with Crippen molar-refractivity contribution in [3.8, 4) is 5.75 Å². The predicted molar refractivity (Wildman–Crippen MR) is 83.3 cm³/mol. The first-order valence-electron chi connectivity index (χ1n) is 7.12. The van der Waals surface area contributed by atoms with Crippen LogP contribution in [0, 0.1) is 6.92 Å². The summed E-state index contributed by atoms with van der Waals surface area (Å²) in [6.45, 7) is 4.83. The number of hydrogen-bond acceptors (Lipinski definition) is 4. The second kappa shape index (κ2) is 8.39. The molecule has 4 heteroatoms. The molecule has 1 aromatic heterocycles. The number of ether oxygens (including phenoxy) is 2. The summed E-state index contributed by atoms with van der Waals surface area (Å²) in [6, 6.07) is 12.0. The first kappa shape index (κ1) is 15.5. The maximum Gasteiger partial charge on any atom is 0.130 e. The number of nitrogens with zero attached hydrogens (tertiary/aromatic N) is 1. The van der Waals surface area contributed by atoms with Gasteiger partial charge >= 0.3 is 0 Å². The van der Waals surface area contributed by atoms with E-state index in [2.05, 4.69) is 16.4 Å². The molecule has 21 heavy (non-hydrogen) atoms. The summed E-state index contributed by atoms with van der Waals surface area (Å²) in [5.41, 5.74) is 3.26. The maximum absolute atomic E-state index is 5.93. The van der Waals surface area contributed by atoms with Crippen LogP contribution in [0.3, 0.4) is 0 Å². The van der Waals surface area contributed by atoms with Gasteiger partial charge < -0.3 is 14.8 Å². The molecule has 0 unspecified atom stereocenters. The lowest BCUT2D eigenvalue weighted by Gasteiger charge is -2.12. The topological polar surface area (TPSA) is 43.4 Å². The molecule has 0 aliphatic heterocycles. The highest BCUT2D eigenvalue weighted by Gasteiger charge is 2.05. The molecule has 0 bridgehead atoms. The van der Waals surface area contributed by atoms with Crippen LogP contribution in [0.5, 0.6) is 5.75 Å². The van der Waals surface area contributed by atoms with E-state index < -0.39 is 0 Å². The molecule has 0 saturated heterocycles. The van der Waals surface area contributed by atoms with Crippen molar-refractivity contribution >= 4 is 0 Å². The van der Waals surface area contributed by atoms with Gasteiger partial charge in [-0.2, -0.15) is 0 Å². The molecule has 2 rings (SSSR count). The molecule has 0 spiro atoms. The molecule has 0 fully saturated rings. The van der Waals surface area contributed by atoms with E-state index in [0.29, 0.717) is 13.2 Å². The molecule has 4 nitrogen and oxygen atoms in total. The number of pyridine rings is 1. The Balaban J connectivity index is 1.95. The molecule has 0 amide bonds. The number of aryl methyl sites for hydroxylation is 1. The van der Waals surface area contributed by atoms with Crippen molar-refractivity contribution in [2.45, 2.75) is 20.1 Å². The molecule has 1 N–H and O–H groups in total. The SMILES string of the molecule is COCCNCc1ccccc1OCc1ncccc1C. The molecule has 0 aliphatic carbocycles. The zero-order chi connectivity index (χ0) is 14.9. The summed E-state index contributed by atoms with van der Waals surface area (Å²) in [5.74, 6) is 0.896. The van der Waals surface area contributed by atoms with Crippen LogP contribution in [-0.4, -0.2) is 25.2 Å². The van der Waals surface area contributed by atoms with Gasteiger partial charge in [0.2, 0.25) is 0 Å². The molecular weight excluding hydrogens is 264 g/mol. The molecule has 2 aromatic rings. The van der Waals surface area contributed by atoms with Crippen molar-refractivity contribution in [2.75, 3.05) is 20.3 Å². The monoisotopic (exact) mass is 286 g/mol. The highest BCUT2D eigenvalue weighted by atomic mass is 16.5. The smallest absolute Gasteiger partial charge is 0.130 e. The zero-order valence-electron chi connectivity index (χ0n) is 12.6. The Kier molecular flexibility index (Phi) is 6.19. The van der Waals surface area contributed by atoms with E-state index in [1.165, 1.54) is 0 Å². The van der Waals surface area contributed by atoms with Crippen LogP contribution in [-0.2, 0) is 17.9 Å². The van der Waals surface area contributed by atoms with Crippen molar-refractivity contribution < 1.29 is 9.47 Å². The number of para-hydroxylation sites is 1. The lowest BCUT2D eigenvalue weighted by atomic mass is 10.2. The van der Waals surface area contributed by atoms with Crippen LogP contribution in [0.15, 0.2) is 42.6 Å². The minimum atomic E-state index is 0.488. The summed E-state index contributed by atoms with van der Waals surface area (Å²) in [5, 5.41) is 3.33. The van der Waals surface area contributed by atoms with E-state index in [0.717, 1.165) is 35.7 Å². The molecule has 1 heterocycles. The van der Waals surface area contributed by atoms with Crippen LogP contribution in [0.1, 0.15) is 16.8 Å². The van der Waals surface area contributed by atoms with E-state index in [-0.39, 0.29) is 0 Å². The van der Waals surface area contributed by atoms with Gasteiger partial charge in [0.25, 0.3) is 0 Å². The van der Waals surface area contributed by atoms with Gasteiger partial charge in [-0.05, 0) is 24.6 Å². The third kappa shape index (κ3) is 4.85. The van der Waals surface area contributed by atoms with Crippen molar-refractivity contribution in [3.63, 3.8) is 0 Å². The van der Waals surface area contributed by atoms with Crippen LogP contribution in [0.25, 0.3) is 0 Å². The standard InChI is InChI=1S/C17H22N2O2/c1-14-6-5-9-19-16(14)13-21-17-8-4-3-7-15(17)12-18-10-11-20-2/h3-9,18H,10-13H2,1-2H3. The first-order chi connectivity index (χ1) is 10.3. The van der Waals surface area contributed by atoms with E-state index in [1.54, 1.807) is 13.3 Å². The number of rotatable bonds is 8. The third-order valence-corrected chi connectivity index (χ3v) is 3.25. The quantitative estimate of drug-likeness (QED) is 0.758. The minimum absolute atomic E-state index is 0.488. The zero-order valence-corrected chi connectivity index (χ0v) is 12.6. The highest BCUT2D eigenvalue weighted by molar-refractivity contribution is 5.33. The Hall–Kier alpha value is -1.91. The fourth-order valence-corrected chi connectivity index (χ4v) is 2.00. The molecule has 112 valence electrons. The number of aromatic nitrogens is 1. The van der Waals surface area contributed by atoms with Gasteiger partial charge in [-0.1, -0.05) is 24.3 Å². The second-order valence-corrected chi connectivity index (χ2v) is 4.83. The third-order valence-electron chi connectivity index (χ3n) is 3.25. The van der Waals surface area contributed by atoms with E-state index in [9.17, 15) is 0 Å². The molecule has 0 saturated carbocycles. The molecule has 1 aromatic carbocycles. The van der Waals surface area contributed by atoms with Gasteiger partial charge in [0.1, 0.15) is 12.4 Å². The van der Waals surface area contributed by atoms with Crippen molar-refractivity contribution in [1.29, 1.82) is 0 Å². The number of hydrogen-bond donors (Lipinski definition) is 1. The van der Waals surface area contributed by atoms with Crippen molar-refractivity contribution in [1.82, 2.24) is 10.3 Å². The van der Waals surface area contributed by atoms with Crippen LogP contribution in [0.4, 0.5) is 0 Å². The van der Waals surface area contributed by atoms with Crippen LogP contribution >= 0.6 is 0 Å². The van der Waals surface area contributed by atoms with E-state index >= 15 is 0 Å². The van der Waals surface area contributed by atoms with Gasteiger partial charge in [0.05, 0.1) is 12.3 Å². The number of methoxy groups -OCH3 is 1. The van der Waals surface area contributed by atoms with Gasteiger partial charge in [-0.3, -0.25) is 4.98 Å². The fraction of sp³-hybridized carbons (Fsp3) is 0.353.